The van der Waals surface area contributed by atoms with Crippen molar-refractivity contribution in [3.8, 4) is 0 Å². The van der Waals surface area contributed by atoms with Crippen LogP contribution in [0.4, 0.5) is 18.0 Å². The van der Waals surface area contributed by atoms with Crippen LogP contribution in [0.15, 0.2) is 12.1 Å². The molecule has 1 aromatic carbocycles. The van der Waals surface area contributed by atoms with Crippen LogP contribution in [0.1, 0.15) is 33.3 Å². The zero-order valence-electron chi connectivity index (χ0n) is 13.1. The number of halogens is 3. The Morgan fingerprint density at radius 2 is 1.68 bits per heavy atom. The number of amides is 1. The van der Waals surface area contributed by atoms with Crippen LogP contribution >= 0.6 is 0 Å². The maximum Gasteiger partial charge on any atom is 0.407 e. The van der Waals surface area contributed by atoms with E-state index in [1.807, 2.05) is 0 Å². The first kappa shape index (κ1) is 18.3. The number of alkyl carbamates (subject to hydrolysis) is 1. The van der Waals surface area contributed by atoms with Gasteiger partial charge in [0.25, 0.3) is 0 Å². The highest BCUT2D eigenvalue weighted by Crippen LogP contribution is 2.27. The van der Waals surface area contributed by atoms with Crippen LogP contribution in [0, 0.1) is 17.5 Å². The molecule has 22 heavy (non-hydrogen) atoms. The zero-order valence-corrected chi connectivity index (χ0v) is 13.1. The van der Waals surface area contributed by atoms with Gasteiger partial charge in [0, 0.05) is 24.6 Å². The van der Waals surface area contributed by atoms with Crippen LogP contribution in [0.5, 0.6) is 0 Å². The smallest absolute Gasteiger partial charge is 0.407 e. The molecule has 3 N–H and O–H groups in total. The lowest BCUT2D eigenvalue weighted by atomic mass is 9.82. The summed E-state index contributed by atoms with van der Waals surface area (Å²) in [6, 6.07) is 1.22. The Labute approximate surface area is 127 Å². The highest BCUT2D eigenvalue weighted by Gasteiger charge is 2.31. The fourth-order valence-electron chi connectivity index (χ4n) is 1.84. The van der Waals surface area contributed by atoms with E-state index in [4.69, 9.17) is 10.5 Å². The molecule has 0 aliphatic rings. The van der Waals surface area contributed by atoms with Gasteiger partial charge >= 0.3 is 6.09 Å². The van der Waals surface area contributed by atoms with Gasteiger partial charge in [-0.15, -0.1) is 0 Å². The second-order valence-electron chi connectivity index (χ2n) is 6.37. The van der Waals surface area contributed by atoms with Gasteiger partial charge in [-0.2, -0.15) is 0 Å². The maximum absolute atomic E-state index is 13.9. The Balaban J connectivity index is 2.93. The molecule has 4 nitrogen and oxygen atoms in total. The molecule has 1 amide bonds. The molecule has 0 radical (unpaired) electrons. The van der Waals surface area contributed by atoms with E-state index in [1.54, 1.807) is 27.7 Å². The Kier molecular flexibility index (Phi) is 5.45. The predicted molar refractivity (Wildman–Crippen MR) is 77.0 cm³/mol. The van der Waals surface area contributed by atoms with E-state index in [2.05, 4.69) is 5.32 Å². The number of ether oxygens (including phenoxy) is 1. The van der Waals surface area contributed by atoms with E-state index in [1.165, 1.54) is 0 Å². The van der Waals surface area contributed by atoms with Crippen molar-refractivity contribution in [1.29, 1.82) is 0 Å². The minimum Gasteiger partial charge on any atom is -0.444 e. The van der Waals surface area contributed by atoms with Crippen LogP contribution < -0.4 is 11.1 Å². The third kappa shape index (κ3) is 4.62. The first-order valence-corrected chi connectivity index (χ1v) is 6.80. The minimum absolute atomic E-state index is 0.0786. The van der Waals surface area contributed by atoms with Gasteiger partial charge in [0.15, 0.2) is 11.6 Å². The average Bonchev–Trinajstić information content (AvgIpc) is 2.38. The van der Waals surface area contributed by atoms with Crippen molar-refractivity contribution in [2.45, 2.75) is 38.7 Å². The summed E-state index contributed by atoms with van der Waals surface area (Å²) in [6.45, 7) is 6.47. The molecule has 0 aliphatic heterocycles. The van der Waals surface area contributed by atoms with Gasteiger partial charge < -0.3 is 15.8 Å². The zero-order chi connectivity index (χ0) is 17.1. The molecule has 0 aromatic heterocycles. The van der Waals surface area contributed by atoms with Gasteiger partial charge in [0.05, 0.1) is 0 Å². The van der Waals surface area contributed by atoms with Gasteiger partial charge in [0.2, 0.25) is 0 Å². The molecule has 124 valence electrons. The Morgan fingerprint density at radius 1 is 1.14 bits per heavy atom. The molecule has 0 spiro atoms. The lowest BCUT2D eigenvalue weighted by Crippen LogP contribution is -2.45. The third-order valence-corrected chi connectivity index (χ3v) is 3.13. The van der Waals surface area contributed by atoms with Crippen molar-refractivity contribution in [2.75, 3.05) is 13.1 Å². The summed E-state index contributed by atoms with van der Waals surface area (Å²) in [4.78, 5) is 11.7. The van der Waals surface area contributed by atoms with E-state index < -0.39 is 34.6 Å². The van der Waals surface area contributed by atoms with Crippen molar-refractivity contribution in [3.63, 3.8) is 0 Å². The molecule has 1 aromatic rings. The number of carbonyl (C=O) groups excluding carboxylic acids is 1. The fourth-order valence-corrected chi connectivity index (χ4v) is 1.84. The third-order valence-electron chi connectivity index (χ3n) is 3.13. The second-order valence-corrected chi connectivity index (χ2v) is 6.37. The van der Waals surface area contributed by atoms with Crippen LogP contribution in [-0.4, -0.2) is 24.8 Å². The van der Waals surface area contributed by atoms with Gasteiger partial charge in [0.1, 0.15) is 11.4 Å². The summed E-state index contributed by atoms with van der Waals surface area (Å²) >= 11 is 0. The summed E-state index contributed by atoms with van der Waals surface area (Å²) in [5.74, 6) is -3.37. The summed E-state index contributed by atoms with van der Waals surface area (Å²) in [6.07, 6.45) is -0.699. The van der Waals surface area contributed by atoms with Crippen LogP contribution in [-0.2, 0) is 10.2 Å². The van der Waals surface area contributed by atoms with Gasteiger partial charge in [-0.25, -0.2) is 18.0 Å². The topological polar surface area (TPSA) is 64.3 Å². The number of benzene rings is 1. The molecule has 0 bridgehead atoms. The van der Waals surface area contributed by atoms with Crippen molar-refractivity contribution in [2.24, 2.45) is 5.73 Å². The molecule has 0 aliphatic carbocycles. The SMILES string of the molecule is CC(C)(C)OC(=O)NCC(C)(CN)c1cc(F)c(F)cc1F. The molecule has 0 heterocycles. The van der Waals surface area contributed by atoms with E-state index in [0.29, 0.717) is 6.07 Å². The van der Waals surface area contributed by atoms with Crippen molar-refractivity contribution in [1.82, 2.24) is 5.32 Å². The first-order valence-electron chi connectivity index (χ1n) is 6.80. The number of nitrogens with one attached hydrogen (secondary N) is 1. The minimum atomic E-state index is -1.28. The molecular formula is C15H21F3N2O2. The highest BCUT2D eigenvalue weighted by molar-refractivity contribution is 5.67. The van der Waals surface area contributed by atoms with E-state index in [-0.39, 0.29) is 18.7 Å². The largest absolute Gasteiger partial charge is 0.444 e. The molecule has 1 atom stereocenters. The van der Waals surface area contributed by atoms with Crippen LogP contribution in [0.3, 0.4) is 0 Å². The van der Waals surface area contributed by atoms with Crippen LogP contribution in [0.2, 0.25) is 0 Å². The number of rotatable bonds is 4. The monoisotopic (exact) mass is 318 g/mol. The van der Waals surface area contributed by atoms with Gasteiger partial charge in [-0.1, -0.05) is 6.92 Å². The summed E-state index contributed by atoms with van der Waals surface area (Å²) in [7, 11) is 0. The van der Waals surface area contributed by atoms with E-state index in [9.17, 15) is 18.0 Å². The number of carbonyl (C=O) groups is 1. The average molecular weight is 318 g/mol. The molecule has 1 unspecified atom stereocenters. The van der Waals surface area contributed by atoms with E-state index >= 15 is 0 Å². The van der Waals surface area contributed by atoms with Crippen molar-refractivity contribution in [3.05, 3.63) is 35.1 Å². The molecule has 1 rings (SSSR count). The van der Waals surface area contributed by atoms with Crippen LogP contribution in [0.25, 0.3) is 0 Å². The number of nitrogens with two attached hydrogens (primary N) is 1. The summed E-state index contributed by atoms with van der Waals surface area (Å²) < 4.78 is 45.3. The van der Waals surface area contributed by atoms with E-state index in [0.717, 1.165) is 6.07 Å². The molecular weight excluding hydrogens is 297 g/mol. The molecule has 0 saturated heterocycles. The number of hydrogen-bond acceptors (Lipinski definition) is 3. The molecule has 0 saturated carbocycles. The first-order chi connectivity index (χ1) is 9.98. The Bertz CT molecular complexity index is 558. The van der Waals surface area contributed by atoms with Gasteiger partial charge in [-0.3, -0.25) is 0 Å². The summed E-state index contributed by atoms with van der Waals surface area (Å²) in [5, 5.41) is 2.47. The maximum atomic E-state index is 13.9. The quantitative estimate of drug-likeness (QED) is 0.839. The lowest BCUT2D eigenvalue weighted by molar-refractivity contribution is 0.0516. The highest BCUT2D eigenvalue weighted by atomic mass is 19.2. The predicted octanol–water partition coefficient (Wildman–Crippen LogP) is 2.85. The van der Waals surface area contributed by atoms with Gasteiger partial charge in [-0.05, 0) is 32.4 Å². The normalized spacial score (nSPS) is 14.4. The molecule has 0 fully saturated rings. The number of hydrogen-bond donors (Lipinski definition) is 2. The van der Waals surface area contributed by atoms with Crippen molar-refractivity contribution >= 4 is 6.09 Å². The fraction of sp³-hybridized carbons (Fsp3) is 0.533. The van der Waals surface area contributed by atoms with Crippen molar-refractivity contribution < 1.29 is 22.7 Å². The summed E-state index contributed by atoms with van der Waals surface area (Å²) in [5.41, 5.74) is 3.74. The lowest BCUT2D eigenvalue weighted by Gasteiger charge is -2.30. The standard InChI is InChI=1S/C15H21F3N2O2/c1-14(2,3)22-13(21)20-8-15(4,7-19)9-5-11(17)12(18)6-10(9)16/h5-6H,7-8,19H2,1-4H3,(H,20,21). The Morgan fingerprint density at radius 3 is 2.18 bits per heavy atom. The molecule has 7 heteroatoms. The Hall–Kier alpha value is -1.76. The second kappa shape index (κ2) is 6.56.